The predicted molar refractivity (Wildman–Crippen MR) is 514 cm³/mol. The SMILES string of the molecule is CC(C)(C)OC(=O)N1CCC(N2CC(=O)NC2=O)CC1.CCOC(=O)CNC1CCN(C(=O)OC(C)(C)C)CC1.COc1cccc(-c2cccc3c2OC(CN2C(=O)CN(C4CCN(C(=O)OC(C)(C)C)CC4)C2=O)CO3)n1.COc1cccc(-c2cccc3c2OC(CN2C(=O)CN(C4CCNCC4)C2=O)CO3)n1.COc1cccc(-c2cccc3c2OC(COS(=O)(=O)c2ccc(C)cc2)CO3)n1. The van der Waals surface area contributed by atoms with Crippen LogP contribution in [-0.2, 0) is 52.4 Å². The van der Waals surface area contributed by atoms with Crippen molar-refractivity contribution < 1.29 is 122 Å². The standard InChI is InChI=1S/C28H34N4O7.C23H26N4O5.C22H21NO6S.C14H26N2O4.C13H21N3O4/c1-28(2,3)39-27(35)30-13-11-18(12-14-30)31-16-24(33)32(26(31)34)15-19-17-37-22-9-5-7-20(25(22)38-19)21-8-6-10-23(29-21)36-4;1-30-20-7-3-5-18(25-20)17-4-2-6-19-22(17)32-16(14-31-19)12-27-21(28)13-26(23(27)29)15-8-10-24-11-9-15;1-15-9-11-17(12-10-15)30(24,25)28-14-16-13-27-20-7-3-5-18(22(20)29-16)19-6-4-8-21(23-19)26-2;1-5-19-12(17)10-15-11-6-8-16(9-7-11)13(18)20-14(2,3)4;1-13(2,3)20-12(19)15-6-4-9(5-7-15)16-8-10(17)14-11(16)18/h5-10,18-19H,11-17H2,1-4H3;2-7,15-16,24H,8-14H2,1H3;3-12,16H,13-14H2,1-2H3;11,15H,5-10H2,1-4H3;9H,4-8H2,1-3H3,(H,14,17,18). The number of hydrogen-bond acceptors (Lipinski definition) is 31. The zero-order chi connectivity index (χ0) is 101. The van der Waals surface area contributed by atoms with Gasteiger partial charge in [-0.1, -0.05) is 54.1 Å². The van der Waals surface area contributed by atoms with E-state index >= 15 is 0 Å². The number of hydrogen-bond donors (Lipinski definition) is 3. The molecule has 4 aromatic carbocycles. The smallest absolute Gasteiger partial charge is 0.410 e. The molecule has 10 aliphatic heterocycles. The first kappa shape index (κ1) is 105. The minimum Gasteiger partial charge on any atom is -0.486 e. The maximum absolute atomic E-state index is 13.3. The van der Waals surface area contributed by atoms with Gasteiger partial charge in [-0.15, -0.1) is 0 Å². The number of piperidine rings is 4. The van der Waals surface area contributed by atoms with E-state index in [4.69, 9.17) is 65.8 Å². The fraction of sp³-hybridized carbons (Fsp3) is 0.510. The molecule has 141 heavy (non-hydrogen) atoms. The summed E-state index contributed by atoms with van der Waals surface area (Å²) in [6.07, 6.45) is 3.32. The summed E-state index contributed by atoms with van der Waals surface area (Å²) < 4.78 is 103. The summed E-state index contributed by atoms with van der Waals surface area (Å²) in [6, 6.07) is 38.9. The van der Waals surface area contributed by atoms with Gasteiger partial charge >= 0.3 is 42.3 Å². The molecule has 7 saturated heterocycles. The lowest BCUT2D eigenvalue weighted by atomic mass is 10.0. The van der Waals surface area contributed by atoms with E-state index in [9.17, 15) is 56.4 Å². The summed E-state index contributed by atoms with van der Waals surface area (Å²) in [5.74, 6) is 3.81. The number of carbonyl (C=O) groups is 10. The number of imide groups is 3. The number of rotatable bonds is 21. The monoisotopic (exact) mass is 1970 g/mol. The maximum atomic E-state index is 13.3. The van der Waals surface area contributed by atoms with Gasteiger partial charge in [0.15, 0.2) is 52.8 Å². The summed E-state index contributed by atoms with van der Waals surface area (Å²) in [4.78, 5) is 148. The molecule has 7 aromatic rings. The first-order valence-corrected chi connectivity index (χ1v) is 48.8. The quantitative estimate of drug-likeness (QED) is 0.0260. The molecule has 3 N–H and O–H groups in total. The van der Waals surface area contributed by atoms with E-state index < -0.39 is 45.2 Å². The number of methoxy groups -OCH3 is 3. The highest BCUT2D eigenvalue weighted by Crippen LogP contribution is 2.45. The van der Waals surface area contributed by atoms with Crippen molar-refractivity contribution in [3.05, 3.63) is 139 Å². The number of para-hydroxylation sites is 3. The van der Waals surface area contributed by atoms with Crippen LogP contribution in [0.3, 0.4) is 0 Å². The van der Waals surface area contributed by atoms with E-state index in [1.165, 1.54) is 21.9 Å². The van der Waals surface area contributed by atoms with Crippen LogP contribution in [-0.4, -0.2) is 328 Å². The lowest BCUT2D eigenvalue weighted by Gasteiger charge is -2.36. The molecule has 0 saturated carbocycles. The van der Waals surface area contributed by atoms with Crippen LogP contribution in [0.15, 0.2) is 138 Å². The lowest BCUT2D eigenvalue weighted by Crippen LogP contribution is -2.49. The van der Waals surface area contributed by atoms with E-state index in [0.717, 1.165) is 61.0 Å². The Hall–Kier alpha value is -13.5. The van der Waals surface area contributed by atoms with Gasteiger partial charge in [-0.2, -0.15) is 8.42 Å². The minimum absolute atomic E-state index is 0.0130. The van der Waals surface area contributed by atoms with Gasteiger partial charge in [0.05, 0.1) is 69.5 Å². The van der Waals surface area contributed by atoms with Gasteiger partial charge in [0.2, 0.25) is 35.4 Å². The minimum atomic E-state index is -3.89. The molecule has 3 unspecified atom stereocenters. The zero-order valence-corrected chi connectivity index (χ0v) is 83.1. The van der Waals surface area contributed by atoms with Gasteiger partial charge in [0, 0.05) is 98.3 Å². The van der Waals surface area contributed by atoms with Gasteiger partial charge in [0.1, 0.15) is 62.9 Å². The van der Waals surface area contributed by atoms with E-state index in [2.05, 4.69) is 30.9 Å². The number of benzene rings is 4. The number of pyridine rings is 3. The first-order valence-electron chi connectivity index (χ1n) is 47.4. The van der Waals surface area contributed by atoms with Crippen LogP contribution < -0.4 is 58.6 Å². The molecule has 0 radical (unpaired) electrons. The highest BCUT2D eigenvalue weighted by molar-refractivity contribution is 7.86. The molecule has 0 bridgehead atoms. The molecule has 10 aliphatic rings. The Kier molecular flexibility index (Phi) is 35.0. The normalized spacial score (nSPS) is 19.0. The van der Waals surface area contributed by atoms with Crippen molar-refractivity contribution in [1.82, 2.24) is 70.1 Å². The van der Waals surface area contributed by atoms with E-state index in [1.807, 2.05) is 154 Å². The van der Waals surface area contributed by atoms with Crippen LogP contribution in [0.4, 0.5) is 28.8 Å². The van der Waals surface area contributed by atoms with Gasteiger partial charge < -0.3 is 102 Å². The maximum Gasteiger partial charge on any atom is 0.410 e. The molecule has 3 aromatic heterocycles. The number of carbonyl (C=O) groups excluding carboxylic acids is 10. The van der Waals surface area contributed by atoms with Crippen LogP contribution >= 0.6 is 0 Å². The summed E-state index contributed by atoms with van der Waals surface area (Å²) in [6.45, 7) is 26.8. The first-order chi connectivity index (χ1) is 67.3. The molecule has 12 amide bonds. The fourth-order valence-corrected chi connectivity index (χ4v) is 17.9. The summed E-state index contributed by atoms with van der Waals surface area (Å²) in [7, 11) is 0.784. The summed E-state index contributed by atoms with van der Waals surface area (Å²) in [5, 5.41) is 8.72. The second-order valence-corrected chi connectivity index (χ2v) is 39.5. The Morgan fingerprint density at radius 3 is 1.21 bits per heavy atom. The molecule has 760 valence electrons. The van der Waals surface area contributed by atoms with Gasteiger partial charge in [-0.3, -0.25) is 38.5 Å². The molecule has 7 fully saturated rings. The van der Waals surface area contributed by atoms with Crippen LogP contribution in [0.2, 0.25) is 0 Å². The van der Waals surface area contributed by atoms with Crippen molar-refractivity contribution in [2.24, 2.45) is 0 Å². The number of nitrogens with zero attached hydrogens (tertiary/aromatic N) is 11. The highest BCUT2D eigenvalue weighted by atomic mass is 32.2. The van der Waals surface area contributed by atoms with Gasteiger partial charge in [-0.05, 0) is 207 Å². The summed E-state index contributed by atoms with van der Waals surface area (Å²) >= 11 is 0. The van der Waals surface area contributed by atoms with Crippen molar-refractivity contribution >= 4 is 70.2 Å². The Morgan fingerprint density at radius 2 is 0.830 bits per heavy atom. The van der Waals surface area contributed by atoms with E-state index in [1.54, 1.807) is 94.1 Å². The number of amides is 12. The van der Waals surface area contributed by atoms with Crippen LogP contribution in [0.1, 0.15) is 126 Å². The molecule has 0 spiro atoms. The largest absolute Gasteiger partial charge is 0.486 e. The van der Waals surface area contributed by atoms with Crippen LogP contribution in [0.25, 0.3) is 33.8 Å². The van der Waals surface area contributed by atoms with Crippen molar-refractivity contribution in [1.29, 1.82) is 0 Å². The molecule has 3 atom stereocenters. The number of urea groups is 3. The zero-order valence-electron chi connectivity index (χ0n) is 82.3. The fourth-order valence-electron chi connectivity index (χ4n) is 17.0. The number of aromatic nitrogens is 3. The van der Waals surface area contributed by atoms with Crippen molar-refractivity contribution in [2.45, 2.75) is 192 Å². The molecular weight excluding hydrogens is 1850 g/mol. The third-order valence-electron chi connectivity index (χ3n) is 24.0. The van der Waals surface area contributed by atoms with Crippen molar-refractivity contribution in [2.75, 3.05) is 146 Å². The Morgan fingerprint density at radius 1 is 0.461 bits per heavy atom. The number of ether oxygens (including phenoxy) is 13. The van der Waals surface area contributed by atoms with Gasteiger partial charge in [0.25, 0.3) is 10.1 Å². The molecular formula is C100H128N14O26S. The van der Waals surface area contributed by atoms with Crippen LogP contribution in [0.5, 0.6) is 52.1 Å². The van der Waals surface area contributed by atoms with Crippen molar-refractivity contribution in [3.63, 3.8) is 0 Å². The topological polar surface area (TPSA) is 435 Å². The number of nitrogens with one attached hydrogen (secondary N) is 3. The average molecular weight is 1970 g/mol. The van der Waals surface area contributed by atoms with E-state index in [-0.39, 0.29) is 155 Å². The third-order valence-corrected chi connectivity index (χ3v) is 25.3. The second-order valence-electron chi connectivity index (χ2n) is 37.9. The second kappa shape index (κ2) is 47.2. The molecule has 0 aliphatic carbocycles. The Bertz CT molecular complexity index is 5690. The number of likely N-dealkylation sites (tertiary alicyclic amines) is 3. The predicted octanol–water partition coefficient (Wildman–Crippen LogP) is 11.6. The third kappa shape index (κ3) is 28.4. The molecule has 41 heteroatoms. The average Bonchev–Trinajstić information content (AvgIpc) is 1.33. The molecule has 40 nitrogen and oxygen atoms in total. The van der Waals surface area contributed by atoms with Crippen LogP contribution in [0, 0.1) is 6.92 Å². The van der Waals surface area contributed by atoms with Crippen molar-refractivity contribution in [3.8, 4) is 85.9 Å². The lowest BCUT2D eigenvalue weighted by molar-refractivity contribution is -0.142. The number of aryl methyl sites for hydroxylation is 1. The molecule has 17 rings (SSSR count). The Balaban J connectivity index is 0.000000152. The highest BCUT2D eigenvalue weighted by Gasteiger charge is 2.46. The van der Waals surface area contributed by atoms with Gasteiger partial charge in [-0.25, -0.2) is 43.7 Å². The van der Waals surface area contributed by atoms with E-state index in [0.29, 0.717) is 141 Å². The Labute approximate surface area is 820 Å². The number of esters is 1. The molecule has 13 heterocycles. The summed E-state index contributed by atoms with van der Waals surface area (Å²) in [5.41, 5.74) is 3.65. The number of fused-ring (bicyclic) bond motifs is 3.